The van der Waals surface area contributed by atoms with Crippen LogP contribution in [0, 0.1) is 0 Å². The summed E-state index contributed by atoms with van der Waals surface area (Å²) in [5.74, 6) is -50.9. The van der Waals surface area contributed by atoms with Crippen molar-refractivity contribution < 1.29 is 253 Å². The second-order valence-corrected chi connectivity index (χ2v) is 10.5. The molecule has 4 atom stereocenters. The molecule has 39 heteroatoms. The van der Waals surface area contributed by atoms with E-state index in [9.17, 15) is 92.7 Å². The van der Waals surface area contributed by atoms with E-state index in [1.165, 1.54) is 0 Å². The zero-order valence-electron chi connectivity index (χ0n) is 29.4. The molecule has 0 spiro atoms. The molecule has 28 nitrogen and oxygen atoms in total. The van der Waals surface area contributed by atoms with Gasteiger partial charge in [0.15, 0.2) is 0 Å². The smallest absolute Gasteiger partial charge is 0.381 e. The predicted molar refractivity (Wildman–Crippen MR) is 150 cm³/mol. The molecule has 0 amide bonds. The molecule has 0 saturated heterocycles. The summed E-state index contributed by atoms with van der Waals surface area (Å²) in [6.45, 7) is 0. The number of carboxylic acid groups (broad SMARTS) is 12. The minimum absolute atomic E-state index is 0. The van der Waals surface area contributed by atoms with E-state index in [1.54, 1.807) is 0 Å². The van der Waals surface area contributed by atoms with Crippen molar-refractivity contribution in [2.75, 3.05) is 0 Å². The predicted octanol–water partition coefficient (Wildman–Crippen LogP) is -4.02. The Morgan fingerprint density at radius 2 is 0.349 bits per heavy atom. The molecule has 0 aliphatic heterocycles. The molecule has 4 unspecified atom stereocenters. The number of halogens is 8. The second-order valence-electron chi connectivity index (χ2n) is 10.5. The Bertz CT molecular complexity index is 1520. The summed E-state index contributed by atoms with van der Waals surface area (Å²) >= 11 is 0. The molecule has 0 aliphatic rings. The molecule has 0 heterocycles. The number of aliphatic hydroxyl groups is 4. The van der Waals surface area contributed by atoms with Crippen LogP contribution in [0.25, 0.3) is 0 Å². The van der Waals surface area contributed by atoms with Gasteiger partial charge in [-0.1, -0.05) is 0 Å². The second kappa shape index (κ2) is 26.4. The van der Waals surface area contributed by atoms with E-state index in [4.69, 9.17) is 81.7 Å². The van der Waals surface area contributed by atoms with Crippen LogP contribution in [0.3, 0.4) is 0 Å². The maximum Gasteiger partial charge on any atom is 0.381 e. The van der Waals surface area contributed by atoms with Gasteiger partial charge < -0.3 is 81.7 Å². The molecular formula is C24H24F8O28Zr3. The summed E-state index contributed by atoms with van der Waals surface area (Å²) in [5, 5.41) is 132. The van der Waals surface area contributed by atoms with E-state index >= 15 is 0 Å². The third-order valence-electron chi connectivity index (χ3n) is 6.20. The Balaban J connectivity index is -0.000000131. The van der Waals surface area contributed by atoms with Gasteiger partial charge in [-0.2, -0.15) is 35.1 Å². The largest absolute Gasteiger partial charge is 0.481 e. The van der Waals surface area contributed by atoms with Crippen LogP contribution in [0.2, 0.25) is 0 Å². The van der Waals surface area contributed by atoms with Gasteiger partial charge in [-0.15, -0.1) is 0 Å². The van der Waals surface area contributed by atoms with Crippen LogP contribution >= 0.6 is 0 Å². The van der Waals surface area contributed by atoms with Crippen LogP contribution in [0.4, 0.5) is 35.1 Å². The molecule has 16 N–H and O–H groups in total. The monoisotopic (exact) mass is 1180 g/mol. The van der Waals surface area contributed by atoms with Gasteiger partial charge in [-0.05, 0) is 0 Å². The summed E-state index contributed by atoms with van der Waals surface area (Å²) in [6.07, 6.45) is -7.72. The van der Waals surface area contributed by atoms with Gasteiger partial charge in [0.05, 0.1) is 25.7 Å². The number of rotatable bonds is 20. The maximum absolute atomic E-state index is 12.7. The molecule has 0 fully saturated rings. The summed E-state index contributed by atoms with van der Waals surface area (Å²) in [6, 6.07) is 0. The normalized spacial score (nSPS) is 14.7. The summed E-state index contributed by atoms with van der Waals surface area (Å²) in [7, 11) is 0. The summed E-state index contributed by atoms with van der Waals surface area (Å²) in [4.78, 5) is 121. The van der Waals surface area contributed by atoms with Crippen molar-refractivity contribution in [3.8, 4) is 0 Å². The van der Waals surface area contributed by atoms with Crippen molar-refractivity contribution >= 4 is 71.6 Å². The third-order valence-corrected chi connectivity index (χ3v) is 6.20. The molecule has 0 bridgehead atoms. The molecule has 0 radical (unpaired) electrons. The van der Waals surface area contributed by atoms with E-state index in [-0.39, 0.29) is 78.6 Å². The number of carboxylic acids is 12. The van der Waals surface area contributed by atoms with Crippen LogP contribution in [0.5, 0.6) is 0 Å². The number of hydrogen-bond donors (Lipinski definition) is 16. The number of hydrogen-bond acceptors (Lipinski definition) is 16. The van der Waals surface area contributed by atoms with E-state index < -0.39 is 143 Å². The van der Waals surface area contributed by atoms with Crippen molar-refractivity contribution in [2.45, 2.75) is 71.8 Å². The van der Waals surface area contributed by atoms with E-state index in [0.29, 0.717) is 0 Å². The first-order valence-electron chi connectivity index (χ1n) is 13.4. The standard InChI is InChI=1S/4C6H6F2O7.3Zr/c4*7-6(8,4(13)14)5(15,3(11)12)1-2(9)10;;;/h4*15H,1H2,(H,9,10)(H,11,12)(H,13,14);;;. The van der Waals surface area contributed by atoms with Crippen LogP contribution in [-0.2, 0) is 136 Å². The van der Waals surface area contributed by atoms with Crippen molar-refractivity contribution in [3.63, 3.8) is 0 Å². The Kier molecular flexibility index (Phi) is 30.6. The fraction of sp³-hybridized carbons (Fsp3) is 0.500. The fourth-order valence-corrected chi connectivity index (χ4v) is 2.87. The van der Waals surface area contributed by atoms with Gasteiger partial charge in [0.25, 0.3) is 0 Å². The van der Waals surface area contributed by atoms with Gasteiger partial charge in [0.2, 0.25) is 22.4 Å². The van der Waals surface area contributed by atoms with Crippen molar-refractivity contribution in [2.24, 2.45) is 0 Å². The van der Waals surface area contributed by atoms with Crippen LogP contribution in [0.15, 0.2) is 0 Å². The molecule has 0 aromatic carbocycles. The first kappa shape index (κ1) is 73.0. The summed E-state index contributed by atoms with van der Waals surface area (Å²) in [5.41, 5.74) is -16.7. The fourth-order valence-electron chi connectivity index (χ4n) is 2.87. The molecule has 63 heavy (non-hydrogen) atoms. The van der Waals surface area contributed by atoms with E-state index in [2.05, 4.69) is 0 Å². The van der Waals surface area contributed by atoms with Crippen molar-refractivity contribution in [3.05, 3.63) is 0 Å². The van der Waals surface area contributed by atoms with Gasteiger partial charge in [-0.25, -0.2) is 38.4 Å². The maximum atomic E-state index is 12.7. The zero-order chi connectivity index (χ0) is 49.8. The van der Waals surface area contributed by atoms with Crippen molar-refractivity contribution in [1.82, 2.24) is 0 Å². The third kappa shape index (κ3) is 17.9. The molecule has 0 aliphatic carbocycles. The van der Waals surface area contributed by atoms with E-state index in [0.717, 1.165) is 0 Å². The molecule has 0 saturated carbocycles. The summed E-state index contributed by atoms with van der Waals surface area (Å²) < 4.78 is 102. The Morgan fingerprint density at radius 3 is 0.397 bits per heavy atom. The van der Waals surface area contributed by atoms with Gasteiger partial charge in [0.1, 0.15) is 0 Å². The Labute approximate surface area is 394 Å². The number of aliphatic carboxylic acids is 12. The zero-order valence-corrected chi connectivity index (χ0v) is 36.8. The average molecular weight is 1190 g/mol. The van der Waals surface area contributed by atoms with Crippen LogP contribution in [-0.4, -0.2) is 199 Å². The molecule has 0 rings (SSSR count). The quantitative estimate of drug-likeness (QED) is 0.0516. The van der Waals surface area contributed by atoms with Crippen LogP contribution < -0.4 is 0 Å². The first-order chi connectivity index (χ1) is 26.2. The van der Waals surface area contributed by atoms with E-state index in [1.807, 2.05) is 0 Å². The Morgan fingerprint density at radius 1 is 0.254 bits per heavy atom. The molecule has 0 aromatic rings. The topological polar surface area (TPSA) is 529 Å². The molecule has 356 valence electrons. The Hall–Kier alpha value is -4.43. The SMILES string of the molecule is O=C(O)CC(O)(C(=O)O)C(F)(F)C(=O)O.O=C(O)CC(O)(C(=O)O)C(F)(F)C(=O)O.O=C(O)CC(O)(C(=O)O)C(F)(F)C(=O)O.O=C(O)CC(O)(C(=O)O)C(F)(F)C(=O)O.[Zr].[Zr].[Zr]. The van der Waals surface area contributed by atoms with Gasteiger partial charge >= 0.3 is 95.3 Å². The first-order valence-corrected chi connectivity index (χ1v) is 13.4. The molecule has 0 aromatic heterocycles. The minimum Gasteiger partial charge on any atom is -0.481 e. The molecular weight excluding hydrogens is 1160 g/mol. The number of carbonyl (C=O) groups is 12. The van der Waals surface area contributed by atoms with Crippen LogP contribution in [0.1, 0.15) is 25.7 Å². The van der Waals surface area contributed by atoms with Gasteiger partial charge in [0, 0.05) is 78.6 Å². The number of alkyl halides is 8. The average Bonchev–Trinajstić information content (AvgIpc) is 3.03. The minimum atomic E-state index is -5.10. The van der Waals surface area contributed by atoms with Crippen molar-refractivity contribution in [1.29, 1.82) is 0 Å². The van der Waals surface area contributed by atoms with Gasteiger partial charge in [-0.3, -0.25) is 19.2 Å².